The summed E-state index contributed by atoms with van der Waals surface area (Å²) >= 11 is 8.05. The number of benzene rings is 4. The molecule has 0 aliphatic carbocycles. The molecule has 4 aromatic carbocycles. The van der Waals surface area contributed by atoms with Gasteiger partial charge >= 0.3 is 6.03 Å². The maximum absolute atomic E-state index is 13.2. The van der Waals surface area contributed by atoms with E-state index in [1.54, 1.807) is 24.3 Å². The van der Waals surface area contributed by atoms with Gasteiger partial charge in [-0.2, -0.15) is 0 Å². The highest BCUT2D eigenvalue weighted by Crippen LogP contribution is 2.36. The minimum Gasteiger partial charge on any atom is -0.493 e. The van der Waals surface area contributed by atoms with Crippen molar-refractivity contribution >= 4 is 74.6 Å². The first-order valence-electron chi connectivity index (χ1n) is 11.5. The van der Waals surface area contributed by atoms with Crippen molar-refractivity contribution in [2.45, 2.75) is 6.61 Å². The van der Waals surface area contributed by atoms with Crippen molar-refractivity contribution in [3.63, 3.8) is 0 Å². The van der Waals surface area contributed by atoms with Gasteiger partial charge < -0.3 is 9.47 Å². The molecule has 4 amide bonds. The number of hydrogen-bond acceptors (Lipinski definition) is 5. The number of methoxy groups -OCH3 is 1. The number of barbiturate groups is 1. The van der Waals surface area contributed by atoms with E-state index in [4.69, 9.17) is 21.1 Å². The number of ether oxygens (including phenoxy) is 2. The fourth-order valence-electron chi connectivity index (χ4n) is 4.18. The number of carbonyl (C=O) groups excluding carboxylic acids is 3. The van der Waals surface area contributed by atoms with Gasteiger partial charge in [0.1, 0.15) is 12.2 Å². The average molecular weight is 639 g/mol. The Morgan fingerprint density at radius 1 is 0.974 bits per heavy atom. The number of urea groups is 1. The maximum atomic E-state index is 13.2. The number of amides is 4. The number of rotatable bonds is 6. The summed E-state index contributed by atoms with van der Waals surface area (Å²) in [6.07, 6.45) is 1.42. The van der Waals surface area contributed by atoms with Gasteiger partial charge in [0, 0.05) is 5.02 Å². The smallest absolute Gasteiger partial charge is 0.335 e. The highest BCUT2D eigenvalue weighted by molar-refractivity contribution is 14.1. The Hall–Kier alpha value is -3.89. The lowest BCUT2D eigenvalue weighted by molar-refractivity contribution is -0.122. The average Bonchev–Trinajstić information content (AvgIpc) is 2.91. The minimum atomic E-state index is -0.830. The van der Waals surface area contributed by atoms with Gasteiger partial charge in [0.15, 0.2) is 11.5 Å². The number of hydrogen-bond donors (Lipinski definition) is 1. The minimum absolute atomic E-state index is 0.193. The topological polar surface area (TPSA) is 84.9 Å². The lowest BCUT2D eigenvalue weighted by Crippen LogP contribution is -2.54. The molecule has 1 N–H and O–H groups in total. The van der Waals surface area contributed by atoms with Gasteiger partial charge in [-0.05, 0) is 87.0 Å². The summed E-state index contributed by atoms with van der Waals surface area (Å²) < 4.78 is 12.5. The van der Waals surface area contributed by atoms with Gasteiger partial charge in [-0.25, -0.2) is 9.69 Å². The first kappa shape index (κ1) is 25.7. The molecule has 0 bridgehead atoms. The van der Waals surface area contributed by atoms with E-state index in [1.165, 1.54) is 25.3 Å². The quantitative estimate of drug-likeness (QED) is 0.151. The van der Waals surface area contributed by atoms with E-state index in [9.17, 15) is 14.4 Å². The standard InChI is InChI=1S/C29H20ClIN2O5/c1-37-25-15-17(13-23-27(34)32-29(36)33(28(23)35)21-11-9-20(30)10-12-21)14-24(31)26(25)38-16-19-7-4-6-18-5-2-3-8-22(18)19/h2-15H,16H2,1H3,(H,32,34,36)/b23-13+. The zero-order valence-electron chi connectivity index (χ0n) is 20.0. The predicted octanol–water partition coefficient (Wildman–Crippen LogP) is 6.35. The maximum Gasteiger partial charge on any atom is 0.335 e. The van der Waals surface area contributed by atoms with Crippen molar-refractivity contribution < 1.29 is 23.9 Å². The molecule has 0 saturated carbocycles. The molecule has 1 heterocycles. The highest BCUT2D eigenvalue weighted by atomic mass is 127. The molecular weight excluding hydrogens is 619 g/mol. The van der Waals surface area contributed by atoms with Crippen molar-refractivity contribution in [1.82, 2.24) is 5.32 Å². The molecule has 0 aromatic heterocycles. The van der Waals surface area contributed by atoms with Crippen molar-refractivity contribution in [2.75, 3.05) is 12.0 Å². The van der Waals surface area contributed by atoms with Gasteiger partial charge in [-0.1, -0.05) is 54.1 Å². The van der Waals surface area contributed by atoms with Gasteiger partial charge in [0.2, 0.25) is 0 Å². The molecule has 190 valence electrons. The molecule has 1 fully saturated rings. The number of fused-ring (bicyclic) bond motifs is 1. The fraction of sp³-hybridized carbons (Fsp3) is 0.0690. The Balaban J connectivity index is 1.44. The van der Waals surface area contributed by atoms with Crippen molar-refractivity contribution in [3.8, 4) is 11.5 Å². The zero-order chi connectivity index (χ0) is 26.8. The fourth-order valence-corrected chi connectivity index (χ4v) is 5.09. The van der Waals surface area contributed by atoms with Crippen LogP contribution >= 0.6 is 34.2 Å². The van der Waals surface area contributed by atoms with E-state index in [0.717, 1.165) is 24.8 Å². The molecular formula is C29H20ClIN2O5. The van der Waals surface area contributed by atoms with Gasteiger partial charge in [-0.15, -0.1) is 0 Å². The van der Waals surface area contributed by atoms with Crippen LogP contribution in [0.2, 0.25) is 5.02 Å². The molecule has 0 spiro atoms. The Morgan fingerprint density at radius 2 is 1.71 bits per heavy atom. The summed E-state index contributed by atoms with van der Waals surface area (Å²) in [7, 11) is 1.52. The highest BCUT2D eigenvalue weighted by Gasteiger charge is 2.36. The first-order chi connectivity index (χ1) is 18.4. The lowest BCUT2D eigenvalue weighted by Gasteiger charge is -2.26. The largest absolute Gasteiger partial charge is 0.493 e. The van der Waals surface area contributed by atoms with E-state index >= 15 is 0 Å². The van der Waals surface area contributed by atoms with Crippen LogP contribution < -0.4 is 19.7 Å². The summed E-state index contributed by atoms with van der Waals surface area (Å²) in [6.45, 7) is 0.327. The molecule has 5 rings (SSSR count). The molecule has 1 aliphatic rings. The second-order valence-electron chi connectivity index (χ2n) is 8.40. The molecule has 0 radical (unpaired) electrons. The van der Waals surface area contributed by atoms with Crippen molar-refractivity contribution in [2.24, 2.45) is 0 Å². The van der Waals surface area contributed by atoms with Crippen LogP contribution in [0.3, 0.4) is 0 Å². The first-order valence-corrected chi connectivity index (χ1v) is 13.0. The molecule has 1 saturated heterocycles. The Labute approximate surface area is 237 Å². The van der Waals surface area contributed by atoms with E-state index < -0.39 is 17.8 Å². The van der Waals surface area contributed by atoms with E-state index in [0.29, 0.717) is 34.4 Å². The van der Waals surface area contributed by atoms with E-state index in [2.05, 4.69) is 46.1 Å². The van der Waals surface area contributed by atoms with Gasteiger partial charge in [0.25, 0.3) is 11.8 Å². The van der Waals surface area contributed by atoms with Crippen LogP contribution in [0, 0.1) is 3.57 Å². The van der Waals surface area contributed by atoms with Crippen LogP contribution in [0.25, 0.3) is 16.8 Å². The van der Waals surface area contributed by atoms with Gasteiger partial charge in [-0.3, -0.25) is 14.9 Å². The van der Waals surface area contributed by atoms with Crippen LogP contribution in [0.1, 0.15) is 11.1 Å². The summed E-state index contributed by atoms with van der Waals surface area (Å²) in [6, 6.07) is 22.9. The second-order valence-corrected chi connectivity index (χ2v) is 9.99. The number of carbonyl (C=O) groups is 3. The molecule has 0 unspecified atom stereocenters. The van der Waals surface area contributed by atoms with E-state index in [-0.39, 0.29) is 5.57 Å². The summed E-state index contributed by atoms with van der Waals surface area (Å²) in [5.74, 6) is -0.541. The predicted molar refractivity (Wildman–Crippen MR) is 154 cm³/mol. The van der Waals surface area contributed by atoms with E-state index in [1.807, 2.05) is 24.3 Å². The number of nitrogens with one attached hydrogen (secondary N) is 1. The second kappa shape index (κ2) is 10.8. The van der Waals surface area contributed by atoms with Crippen molar-refractivity contribution in [3.05, 3.63) is 104 Å². The van der Waals surface area contributed by atoms with Crippen LogP contribution in [-0.4, -0.2) is 25.0 Å². The Kier molecular flexibility index (Phi) is 7.35. The van der Waals surface area contributed by atoms with Crippen LogP contribution in [0.15, 0.2) is 84.4 Å². The number of anilines is 1. The normalized spacial score (nSPS) is 14.7. The van der Waals surface area contributed by atoms with Crippen LogP contribution in [0.5, 0.6) is 11.5 Å². The molecule has 4 aromatic rings. The molecule has 0 atom stereocenters. The van der Waals surface area contributed by atoms with Crippen molar-refractivity contribution in [1.29, 1.82) is 0 Å². The van der Waals surface area contributed by atoms with Crippen LogP contribution in [-0.2, 0) is 16.2 Å². The third-order valence-corrected chi connectivity index (χ3v) is 7.05. The third kappa shape index (κ3) is 5.09. The molecule has 38 heavy (non-hydrogen) atoms. The van der Waals surface area contributed by atoms with Crippen LogP contribution in [0.4, 0.5) is 10.5 Å². The zero-order valence-corrected chi connectivity index (χ0v) is 22.9. The lowest BCUT2D eigenvalue weighted by atomic mass is 10.1. The summed E-state index contributed by atoms with van der Waals surface area (Å²) in [5, 5.41) is 4.90. The summed E-state index contributed by atoms with van der Waals surface area (Å²) in [5.41, 5.74) is 1.66. The SMILES string of the molecule is COc1cc(/C=C2\C(=O)NC(=O)N(c3ccc(Cl)cc3)C2=O)cc(I)c1OCc1cccc2ccccc12. The Morgan fingerprint density at radius 3 is 2.47 bits per heavy atom. The third-order valence-electron chi connectivity index (χ3n) is 6.00. The molecule has 1 aliphatic heterocycles. The number of nitrogens with zero attached hydrogens (tertiary/aromatic N) is 1. The monoisotopic (exact) mass is 638 g/mol. The number of halogens is 2. The summed E-state index contributed by atoms with van der Waals surface area (Å²) in [4.78, 5) is 39.1. The van der Waals surface area contributed by atoms with Gasteiger partial charge in [0.05, 0.1) is 16.4 Å². The Bertz CT molecular complexity index is 1610. The molecule has 9 heteroatoms. The molecule has 7 nitrogen and oxygen atoms in total. The number of imide groups is 2.